The molecular formula is C16H20N4O4. The van der Waals surface area contributed by atoms with E-state index >= 15 is 0 Å². The van der Waals surface area contributed by atoms with Gasteiger partial charge in [0.2, 0.25) is 0 Å². The third-order valence-corrected chi connectivity index (χ3v) is 3.10. The van der Waals surface area contributed by atoms with Crippen LogP contribution in [-0.4, -0.2) is 32.8 Å². The summed E-state index contributed by atoms with van der Waals surface area (Å²) in [7, 11) is 0. The summed E-state index contributed by atoms with van der Waals surface area (Å²) in [6.07, 6.45) is 3.07. The molecule has 2 heterocycles. The topological polar surface area (TPSA) is 117 Å². The number of rotatable bonds is 4. The molecule has 0 aliphatic rings. The van der Waals surface area contributed by atoms with Gasteiger partial charge in [0.05, 0.1) is 6.04 Å². The van der Waals surface area contributed by atoms with Crippen LogP contribution in [0.5, 0.6) is 0 Å². The maximum Gasteiger partial charge on any atom is 0.341 e. The minimum Gasteiger partial charge on any atom is -0.477 e. The first kappa shape index (κ1) is 17.5. The Balaban J connectivity index is 2.29. The lowest BCUT2D eigenvalue weighted by Crippen LogP contribution is -2.47. The van der Waals surface area contributed by atoms with E-state index in [0.717, 1.165) is 0 Å². The highest BCUT2D eigenvalue weighted by Gasteiger charge is 2.28. The molecule has 2 aromatic heterocycles. The first-order valence-electron chi connectivity index (χ1n) is 7.41. The molecule has 0 bridgehead atoms. The molecule has 8 heteroatoms. The fourth-order valence-corrected chi connectivity index (χ4v) is 2.14. The molecule has 0 fully saturated rings. The van der Waals surface area contributed by atoms with Crippen LogP contribution in [0, 0.1) is 0 Å². The maximum absolute atomic E-state index is 12.0. The third-order valence-electron chi connectivity index (χ3n) is 3.10. The fourth-order valence-electron chi connectivity index (χ4n) is 2.14. The van der Waals surface area contributed by atoms with E-state index in [0.29, 0.717) is 5.56 Å². The number of nitrogens with zero attached hydrogens (tertiary/aromatic N) is 2. The molecule has 8 nitrogen and oxygen atoms in total. The Morgan fingerprint density at radius 3 is 2.58 bits per heavy atom. The molecule has 1 atom stereocenters. The molecule has 0 aliphatic carbocycles. The minimum atomic E-state index is -1.19. The van der Waals surface area contributed by atoms with Crippen LogP contribution in [0.15, 0.2) is 29.0 Å². The number of nitrogens with one attached hydrogen (secondary N) is 2. The molecule has 2 rings (SSSR count). The molecule has 3 N–H and O–H groups in total. The quantitative estimate of drug-likeness (QED) is 0.792. The second kappa shape index (κ2) is 6.69. The number of hydrogen-bond acceptors (Lipinski definition) is 5. The van der Waals surface area contributed by atoms with Crippen molar-refractivity contribution < 1.29 is 19.2 Å². The van der Waals surface area contributed by atoms with Crippen molar-refractivity contribution >= 4 is 12.0 Å². The van der Waals surface area contributed by atoms with Crippen LogP contribution >= 0.6 is 0 Å². The second-order valence-corrected chi connectivity index (χ2v) is 6.39. The Bertz CT molecular complexity index is 734. The lowest BCUT2D eigenvalue weighted by Gasteiger charge is -2.22. The van der Waals surface area contributed by atoms with Gasteiger partial charge in [0.1, 0.15) is 11.3 Å². The van der Waals surface area contributed by atoms with E-state index in [-0.39, 0.29) is 17.0 Å². The van der Waals surface area contributed by atoms with Crippen molar-refractivity contribution in [2.45, 2.75) is 39.3 Å². The molecule has 0 radical (unpaired) electrons. The number of urea groups is 1. The average molecular weight is 332 g/mol. The highest BCUT2D eigenvalue weighted by Crippen LogP contribution is 2.28. The van der Waals surface area contributed by atoms with Crippen molar-refractivity contribution in [2.24, 2.45) is 0 Å². The van der Waals surface area contributed by atoms with E-state index < -0.39 is 23.6 Å². The number of carboxylic acids is 1. The van der Waals surface area contributed by atoms with Crippen LogP contribution in [0.4, 0.5) is 4.79 Å². The molecule has 0 spiro atoms. The van der Waals surface area contributed by atoms with Gasteiger partial charge in [-0.15, -0.1) is 0 Å². The van der Waals surface area contributed by atoms with Gasteiger partial charge in [0.25, 0.3) is 0 Å². The highest BCUT2D eigenvalue weighted by atomic mass is 16.5. The molecule has 0 aromatic carbocycles. The van der Waals surface area contributed by atoms with Crippen LogP contribution in [0.3, 0.4) is 0 Å². The summed E-state index contributed by atoms with van der Waals surface area (Å²) in [6.45, 7) is 7.15. The minimum absolute atomic E-state index is 0.0745. The molecule has 128 valence electrons. The van der Waals surface area contributed by atoms with Gasteiger partial charge in [-0.05, 0) is 39.8 Å². The number of pyridine rings is 1. The molecule has 2 amide bonds. The predicted octanol–water partition coefficient (Wildman–Crippen LogP) is 2.59. The SMILES string of the molecule is C[C@@H](NC(=O)NC(C)(C)C)c1onc(-c2cccnc2)c1C(=O)O. The van der Waals surface area contributed by atoms with Crippen molar-refractivity contribution in [1.82, 2.24) is 20.8 Å². The summed E-state index contributed by atoms with van der Waals surface area (Å²) in [5, 5.41) is 18.7. The number of carbonyl (C=O) groups is 2. The highest BCUT2D eigenvalue weighted by molar-refractivity contribution is 5.96. The van der Waals surface area contributed by atoms with Gasteiger partial charge < -0.3 is 20.3 Å². The van der Waals surface area contributed by atoms with Crippen LogP contribution in [0.2, 0.25) is 0 Å². The zero-order valence-electron chi connectivity index (χ0n) is 14.0. The Hall–Kier alpha value is -2.90. The molecule has 0 saturated heterocycles. The Kier molecular flexibility index (Phi) is 4.87. The maximum atomic E-state index is 12.0. The van der Waals surface area contributed by atoms with Crippen molar-refractivity contribution in [1.29, 1.82) is 0 Å². The predicted molar refractivity (Wildman–Crippen MR) is 86.5 cm³/mol. The van der Waals surface area contributed by atoms with E-state index in [1.54, 1.807) is 25.3 Å². The average Bonchev–Trinajstić information content (AvgIpc) is 2.91. The van der Waals surface area contributed by atoms with Crippen LogP contribution in [-0.2, 0) is 0 Å². The van der Waals surface area contributed by atoms with Crippen molar-refractivity contribution in [3.8, 4) is 11.3 Å². The van der Waals surface area contributed by atoms with Gasteiger partial charge in [-0.25, -0.2) is 9.59 Å². The third kappa shape index (κ3) is 4.09. The summed E-state index contributed by atoms with van der Waals surface area (Å²) in [6, 6.07) is 2.27. The number of carboxylic acid groups (broad SMARTS) is 1. The van der Waals surface area contributed by atoms with Gasteiger partial charge in [0.15, 0.2) is 5.76 Å². The van der Waals surface area contributed by atoms with Crippen LogP contribution in [0.1, 0.15) is 49.9 Å². The van der Waals surface area contributed by atoms with Gasteiger partial charge in [0, 0.05) is 23.5 Å². The standard InChI is InChI=1S/C16H20N4O4/c1-9(18-15(23)19-16(2,3)4)13-11(14(21)22)12(20-24-13)10-6-5-7-17-8-10/h5-9H,1-4H3,(H,21,22)(H2,18,19,23)/t9-/m1/s1. The summed E-state index contributed by atoms with van der Waals surface area (Å²) in [4.78, 5) is 27.6. The Labute approximate surface area is 139 Å². The fraction of sp³-hybridized carbons (Fsp3) is 0.375. The summed E-state index contributed by atoms with van der Waals surface area (Å²) in [5.74, 6) is -1.11. The first-order valence-corrected chi connectivity index (χ1v) is 7.41. The number of amides is 2. The first-order chi connectivity index (χ1) is 11.2. The van der Waals surface area contributed by atoms with E-state index in [1.807, 2.05) is 20.8 Å². The largest absolute Gasteiger partial charge is 0.477 e. The van der Waals surface area contributed by atoms with Crippen LogP contribution in [0.25, 0.3) is 11.3 Å². The Morgan fingerprint density at radius 2 is 2.04 bits per heavy atom. The van der Waals surface area contributed by atoms with E-state index in [2.05, 4.69) is 20.8 Å². The molecule has 0 saturated carbocycles. The van der Waals surface area contributed by atoms with Gasteiger partial charge in [-0.1, -0.05) is 5.16 Å². The van der Waals surface area contributed by atoms with Crippen molar-refractivity contribution in [3.63, 3.8) is 0 Å². The molecule has 2 aromatic rings. The van der Waals surface area contributed by atoms with Gasteiger partial charge in [-0.2, -0.15) is 0 Å². The monoisotopic (exact) mass is 332 g/mol. The zero-order valence-corrected chi connectivity index (χ0v) is 14.0. The summed E-state index contributed by atoms with van der Waals surface area (Å²) >= 11 is 0. The summed E-state index contributed by atoms with van der Waals surface area (Å²) in [5.41, 5.74) is 0.195. The van der Waals surface area contributed by atoms with Gasteiger partial charge >= 0.3 is 12.0 Å². The normalized spacial score (nSPS) is 12.5. The van der Waals surface area contributed by atoms with E-state index in [4.69, 9.17) is 4.52 Å². The lowest BCUT2D eigenvalue weighted by atomic mass is 10.0. The van der Waals surface area contributed by atoms with E-state index in [9.17, 15) is 14.7 Å². The molecule has 24 heavy (non-hydrogen) atoms. The number of aromatic carboxylic acids is 1. The smallest absolute Gasteiger partial charge is 0.341 e. The van der Waals surface area contributed by atoms with Crippen LogP contribution < -0.4 is 10.6 Å². The van der Waals surface area contributed by atoms with Crippen molar-refractivity contribution in [2.75, 3.05) is 0 Å². The number of aromatic nitrogens is 2. The zero-order chi connectivity index (χ0) is 17.9. The number of hydrogen-bond donors (Lipinski definition) is 3. The molecule has 0 unspecified atom stereocenters. The number of carbonyl (C=O) groups excluding carboxylic acids is 1. The second-order valence-electron chi connectivity index (χ2n) is 6.39. The Morgan fingerprint density at radius 1 is 1.33 bits per heavy atom. The van der Waals surface area contributed by atoms with Gasteiger partial charge in [-0.3, -0.25) is 4.98 Å². The molecule has 0 aliphatic heterocycles. The van der Waals surface area contributed by atoms with Crippen molar-refractivity contribution in [3.05, 3.63) is 35.9 Å². The summed E-state index contributed by atoms with van der Waals surface area (Å²) < 4.78 is 5.20. The van der Waals surface area contributed by atoms with E-state index in [1.165, 1.54) is 6.20 Å². The lowest BCUT2D eigenvalue weighted by molar-refractivity contribution is 0.0693. The molecular weight excluding hydrogens is 312 g/mol.